The molecule has 0 unspecified atom stereocenters. The average molecular weight is 328 g/mol. The van der Waals surface area contributed by atoms with Crippen molar-refractivity contribution < 1.29 is 17.6 Å². The predicted octanol–water partition coefficient (Wildman–Crippen LogP) is 1.30. The van der Waals surface area contributed by atoms with E-state index in [2.05, 4.69) is 4.72 Å². The van der Waals surface area contributed by atoms with Crippen molar-refractivity contribution in [3.05, 3.63) is 35.6 Å². The smallest absolute Gasteiger partial charge is 0.222 e. The first-order valence-electron chi connectivity index (χ1n) is 7.42. The average Bonchev–Trinajstić information content (AvgIpc) is 2.90. The monoisotopic (exact) mass is 328 g/mol. The molecule has 1 heterocycles. The molecule has 0 bridgehead atoms. The van der Waals surface area contributed by atoms with Gasteiger partial charge in [-0.15, -0.1) is 0 Å². The number of likely N-dealkylation sites (tertiary alicyclic amines) is 1. The Bertz CT molecular complexity index is 633. The van der Waals surface area contributed by atoms with E-state index < -0.39 is 10.0 Å². The van der Waals surface area contributed by atoms with Gasteiger partial charge in [-0.1, -0.05) is 12.1 Å². The number of benzene rings is 1. The van der Waals surface area contributed by atoms with E-state index in [4.69, 9.17) is 0 Å². The van der Waals surface area contributed by atoms with Crippen LogP contribution in [0.2, 0.25) is 0 Å². The molecule has 1 fully saturated rings. The number of carbonyl (C=O) groups is 1. The van der Waals surface area contributed by atoms with E-state index in [0.29, 0.717) is 19.4 Å². The Morgan fingerprint density at radius 2 is 2.18 bits per heavy atom. The van der Waals surface area contributed by atoms with Crippen LogP contribution in [0.1, 0.15) is 25.3 Å². The van der Waals surface area contributed by atoms with Crippen LogP contribution in [0.5, 0.6) is 0 Å². The molecule has 22 heavy (non-hydrogen) atoms. The van der Waals surface area contributed by atoms with Crippen LogP contribution in [0.3, 0.4) is 0 Å². The summed E-state index contributed by atoms with van der Waals surface area (Å²) in [6.45, 7) is 2.33. The van der Waals surface area contributed by atoms with Crippen molar-refractivity contribution >= 4 is 15.9 Å². The van der Waals surface area contributed by atoms with Crippen molar-refractivity contribution in [3.8, 4) is 0 Å². The Hall–Kier alpha value is -1.47. The van der Waals surface area contributed by atoms with Gasteiger partial charge in [0, 0.05) is 25.6 Å². The van der Waals surface area contributed by atoms with E-state index in [-0.39, 0.29) is 30.1 Å². The second-order valence-electron chi connectivity index (χ2n) is 5.43. The van der Waals surface area contributed by atoms with Crippen LogP contribution < -0.4 is 4.72 Å². The molecule has 1 aromatic carbocycles. The van der Waals surface area contributed by atoms with Gasteiger partial charge >= 0.3 is 0 Å². The van der Waals surface area contributed by atoms with E-state index in [1.165, 1.54) is 12.1 Å². The minimum atomic E-state index is -3.32. The molecule has 0 aliphatic carbocycles. The highest BCUT2D eigenvalue weighted by Gasteiger charge is 2.28. The van der Waals surface area contributed by atoms with Crippen molar-refractivity contribution in [2.45, 2.75) is 32.2 Å². The molecule has 1 saturated heterocycles. The van der Waals surface area contributed by atoms with Crippen LogP contribution >= 0.6 is 0 Å². The largest absolute Gasteiger partial charge is 0.338 e. The lowest BCUT2D eigenvalue weighted by atomic mass is 10.0. The van der Waals surface area contributed by atoms with Gasteiger partial charge in [0.15, 0.2) is 0 Å². The van der Waals surface area contributed by atoms with Crippen LogP contribution in [-0.4, -0.2) is 44.1 Å². The lowest BCUT2D eigenvalue weighted by Gasteiger charge is -2.28. The molecule has 0 radical (unpaired) electrons. The normalized spacial score (nSPS) is 17.0. The first-order valence-corrected chi connectivity index (χ1v) is 9.08. The summed E-state index contributed by atoms with van der Waals surface area (Å²) >= 11 is 0. The molecule has 7 heteroatoms. The van der Waals surface area contributed by atoms with E-state index in [9.17, 15) is 17.6 Å². The fourth-order valence-corrected chi connectivity index (χ4v) is 3.26. The van der Waals surface area contributed by atoms with Crippen LogP contribution in [0, 0.1) is 5.82 Å². The SMILES string of the molecule is CCS(=O)(=O)NC[C@@H](Cc1cccc(F)c1)N1CCCC1=O. The quantitative estimate of drug-likeness (QED) is 0.820. The molecule has 0 aromatic heterocycles. The zero-order valence-electron chi connectivity index (χ0n) is 12.6. The first-order chi connectivity index (χ1) is 10.4. The van der Waals surface area contributed by atoms with Crippen molar-refractivity contribution in [2.24, 2.45) is 0 Å². The second-order valence-corrected chi connectivity index (χ2v) is 7.53. The highest BCUT2D eigenvalue weighted by molar-refractivity contribution is 7.89. The number of sulfonamides is 1. The van der Waals surface area contributed by atoms with E-state index in [1.807, 2.05) is 0 Å². The van der Waals surface area contributed by atoms with Gasteiger partial charge in [0.1, 0.15) is 5.82 Å². The summed E-state index contributed by atoms with van der Waals surface area (Å²) in [6.07, 6.45) is 1.69. The zero-order valence-corrected chi connectivity index (χ0v) is 13.4. The topological polar surface area (TPSA) is 66.5 Å². The van der Waals surface area contributed by atoms with Crippen LogP contribution in [0.25, 0.3) is 0 Å². The summed E-state index contributed by atoms with van der Waals surface area (Å²) in [5, 5.41) is 0. The zero-order chi connectivity index (χ0) is 16.2. The Morgan fingerprint density at radius 1 is 1.41 bits per heavy atom. The number of carbonyl (C=O) groups excluding carboxylic acids is 1. The minimum absolute atomic E-state index is 0.00632. The third-order valence-electron chi connectivity index (χ3n) is 3.83. The Morgan fingerprint density at radius 3 is 2.77 bits per heavy atom. The lowest BCUT2D eigenvalue weighted by molar-refractivity contribution is -0.129. The number of rotatable bonds is 7. The van der Waals surface area contributed by atoms with Crippen LogP contribution in [0.15, 0.2) is 24.3 Å². The fraction of sp³-hybridized carbons (Fsp3) is 0.533. The summed E-state index contributed by atoms with van der Waals surface area (Å²) in [5.74, 6) is -0.316. The van der Waals surface area contributed by atoms with Gasteiger partial charge in [-0.3, -0.25) is 4.79 Å². The molecule has 122 valence electrons. The minimum Gasteiger partial charge on any atom is -0.338 e. The lowest BCUT2D eigenvalue weighted by Crippen LogP contribution is -2.46. The molecule has 1 aromatic rings. The van der Waals surface area contributed by atoms with Crippen molar-refractivity contribution in [3.63, 3.8) is 0 Å². The maximum Gasteiger partial charge on any atom is 0.222 e. The molecule has 0 spiro atoms. The van der Waals surface area contributed by atoms with Gasteiger partial charge in [0.2, 0.25) is 15.9 Å². The molecular formula is C15H21FN2O3S. The molecule has 0 saturated carbocycles. The molecule has 2 rings (SSSR count). The third kappa shape index (κ3) is 4.51. The second kappa shape index (κ2) is 7.19. The summed E-state index contributed by atoms with van der Waals surface area (Å²) in [5.41, 5.74) is 0.750. The van der Waals surface area contributed by atoms with Gasteiger partial charge in [0.25, 0.3) is 0 Å². The van der Waals surface area contributed by atoms with Gasteiger partial charge in [-0.05, 0) is 37.5 Å². The summed E-state index contributed by atoms with van der Waals surface area (Å²) in [7, 11) is -3.32. The number of nitrogens with zero attached hydrogens (tertiary/aromatic N) is 1. The van der Waals surface area contributed by atoms with Crippen molar-refractivity contribution in [1.29, 1.82) is 0 Å². The third-order valence-corrected chi connectivity index (χ3v) is 5.20. The van der Waals surface area contributed by atoms with Crippen molar-refractivity contribution in [2.75, 3.05) is 18.8 Å². The maximum absolute atomic E-state index is 13.3. The molecule has 1 amide bonds. The fourth-order valence-electron chi connectivity index (χ4n) is 2.61. The number of nitrogens with one attached hydrogen (secondary N) is 1. The van der Waals surface area contributed by atoms with Crippen LogP contribution in [0.4, 0.5) is 4.39 Å². The van der Waals surface area contributed by atoms with Gasteiger partial charge in [-0.25, -0.2) is 17.5 Å². The number of hydrogen-bond donors (Lipinski definition) is 1. The standard InChI is InChI=1S/C15H21FN2O3S/c1-2-22(20,21)17-11-14(18-8-4-7-15(18)19)10-12-5-3-6-13(16)9-12/h3,5-6,9,14,17H,2,4,7-8,10-11H2,1H3/t14-/m1/s1. The van der Waals surface area contributed by atoms with E-state index >= 15 is 0 Å². The van der Waals surface area contributed by atoms with E-state index in [1.54, 1.807) is 24.0 Å². The summed E-state index contributed by atoms with van der Waals surface area (Å²) in [4.78, 5) is 13.6. The van der Waals surface area contributed by atoms with Crippen molar-refractivity contribution in [1.82, 2.24) is 9.62 Å². The maximum atomic E-state index is 13.3. The Kier molecular flexibility index (Phi) is 5.52. The highest BCUT2D eigenvalue weighted by atomic mass is 32.2. The molecule has 5 nitrogen and oxygen atoms in total. The Labute approximate surface area is 130 Å². The van der Waals surface area contributed by atoms with Gasteiger partial charge in [0.05, 0.1) is 5.75 Å². The molecule has 1 N–H and O–H groups in total. The van der Waals surface area contributed by atoms with Crippen LogP contribution in [-0.2, 0) is 21.2 Å². The summed E-state index contributed by atoms with van der Waals surface area (Å²) < 4.78 is 39.1. The Balaban J connectivity index is 2.12. The first kappa shape index (κ1) is 16.9. The number of hydrogen-bond acceptors (Lipinski definition) is 3. The molecule has 1 aliphatic heterocycles. The number of halogens is 1. The van der Waals surface area contributed by atoms with E-state index in [0.717, 1.165) is 12.0 Å². The van der Waals surface area contributed by atoms with Gasteiger partial charge in [-0.2, -0.15) is 0 Å². The predicted molar refractivity (Wildman–Crippen MR) is 82.3 cm³/mol. The molecule has 1 atom stereocenters. The molecule has 1 aliphatic rings. The van der Waals surface area contributed by atoms with Gasteiger partial charge < -0.3 is 4.90 Å². The summed E-state index contributed by atoms with van der Waals surface area (Å²) in [6, 6.07) is 5.88. The molecular weight excluding hydrogens is 307 g/mol. The number of amides is 1. The highest BCUT2D eigenvalue weighted by Crippen LogP contribution is 2.17.